The van der Waals surface area contributed by atoms with Crippen molar-refractivity contribution in [3.8, 4) is 0 Å². The van der Waals surface area contributed by atoms with Crippen molar-refractivity contribution in [3.05, 3.63) is 0 Å². The Morgan fingerprint density at radius 2 is 0.821 bits per heavy atom. The van der Waals surface area contributed by atoms with Crippen LogP contribution in [0.2, 0.25) is 0 Å². The van der Waals surface area contributed by atoms with Gasteiger partial charge < -0.3 is 35.9 Å². The molecule has 160 valence electrons. The summed E-state index contributed by atoms with van der Waals surface area (Å²) in [6.45, 7) is 0. The van der Waals surface area contributed by atoms with Crippen LogP contribution in [0.5, 0.6) is 0 Å². The summed E-state index contributed by atoms with van der Waals surface area (Å²) < 4.78 is 21.8. The van der Waals surface area contributed by atoms with E-state index in [2.05, 4.69) is 11.8 Å². The van der Waals surface area contributed by atoms with E-state index in [1.807, 2.05) is 0 Å². The maximum atomic E-state index is 9.00. The van der Waals surface area contributed by atoms with E-state index >= 15 is 0 Å². The van der Waals surface area contributed by atoms with Crippen LogP contribution in [0.1, 0.15) is 38.6 Å². The van der Waals surface area contributed by atoms with Crippen LogP contribution in [-0.4, -0.2) is 110 Å². The molecule has 0 aromatic heterocycles. The van der Waals surface area contributed by atoms with Gasteiger partial charge in [0.15, 0.2) is 10.5 Å². The Labute approximate surface area is 253 Å². The fourth-order valence-corrected chi connectivity index (χ4v) is 0. The number of rotatable bonds is 2. The summed E-state index contributed by atoms with van der Waals surface area (Å²) in [5.41, 5.74) is 0. The SMILES string of the molecule is C.C.C.C.C.O.O=BB(O)O.O=BB(O)O.O[SiH2].[3HH].[B][O][AlH].[Na+].[Na+].[Na+].[OH-].[OH-].[OH-].[OH3+]. The van der Waals surface area contributed by atoms with Crippen molar-refractivity contribution >= 4 is 63.3 Å². The van der Waals surface area contributed by atoms with Gasteiger partial charge in [-0.3, -0.25) is 0 Å². The second-order valence-electron chi connectivity index (χ2n) is 1.27. The molecule has 0 bridgehead atoms. The summed E-state index contributed by atoms with van der Waals surface area (Å²) in [6, 6.07) is 0. The largest absolute Gasteiger partial charge is 1.00 e. The molecule has 0 aromatic carbocycles. The molecule has 0 aliphatic rings. The van der Waals surface area contributed by atoms with Crippen molar-refractivity contribution in [2.24, 2.45) is 0 Å². The van der Waals surface area contributed by atoms with E-state index in [-0.39, 0.29) is 169 Å². The van der Waals surface area contributed by atoms with E-state index in [1.54, 1.807) is 0 Å². The summed E-state index contributed by atoms with van der Waals surface area (Å²) in [4.78, 5) is 7.03. The fourth-order valence-electron chi connectivity index (χ4n) is 0. The topological polar surface area (TPSA) is 299 Å². The van der Waals surface area contributed by atoms with Gasteiger partial charge in [-0.15, -0.1) is 0 Å². The van der Waals surface area contributed by atoms with Crippen LogP contribution in [0.4, 0.5) is 0 Å². The van der Waals surface area contributed by atoms with Crippen molar-refractivity contribution in [1.29, 1.82) is 0 Å². The summed E-state index contributed by atoms with van der Waals surface area (Å²) in [5, 5.41) is 30.2. The van der Waals surface area contributed by atoms with Crippen molar-refractivity contribution in [2.75, 3.05) is 0 Å². The average Bonchev–Trinajstić information content (AvgIpc) is 2.22. The smallest absolute Gasteiger partial charge is 0.870 e. The van der Waals surface area contributed by atoms with Crippen LogP contribution in [0.3, 0.4) is 0 Å². The third kappa shape index (κ3) is 445. The minimum atomic E-state index is -1.80. The summed E-state index contributed by atoms with van der Waals surface area (Å²) in [5.74, 6) is 0. The number of hydrogen-bond donors (Lipinski definition) is 5. The molecule has 28 heavy (non-hydrogen) atoms. The third-order valence-corrected chi connectivity index (χ3v) is 0.243. The summed E-state index contributed by atoms with van der Waals surface area (Å²) >= 11 is 1.25. The zero-order valence-electron chi connectivity index (χ0n) is 13.2. The third-order valence-electron chi connectivity index (χ3n) is 0.243. The fraction of sp³-hybridized carbons (Fsp3) is 1.00. The van der Waals surface area contributed by atoms with Gasteiger partial charge in [-0.1, -0.05) is 37.1 Å². The Kier molecular flexibility index (Phi) is 869. The van der Waals surface area contributed by atoms with E-state index in [0.717, 1.165) is 10.5 Å². The van der Waals surface area contributed by atoms with Gasteiger partial charge in [-0.25, -0.2) is 0 Å². The molecule has 13 nitrogen and oxygen atoms in total. The monoisotopic (exact) mass is 487 g/mol. The maximum absolute atomic E-state index is 9.00. The molecule has 0 unspecified atom stereocenters. The molecule has 0 saturated carbocycles. The Morgan fingerprint density at radius 3 is 0.821 bits per heavy atom. The van der Waals surface area contributed by atoms with E-state index in [4.69, 9.17) is 34.3 Å². The van der Waals surface area contributed by atoms with Gasteiger partial charge in [-0.05, 0) is 0 Å². The molecule has 0 aromatic rings. The molecule has 13 N–H and O–H groups in total. The van der Waals surface area contributed by atoms with Crippen LogP contribution >= 0.6 is 0 Å². The van der Waals surface area contributed by atoms with Gasteiger partial charge in [0.25, 0.3) is 0 Å². The predicted molar refractivity (Wildman–Crippen MR) is 108 cm³/mol. The van der Waals surface area contributed by atoms with Gasteiger partial charge in [0, 0.05) is 1.43 Å². The molecule has 0 spiro atoms. The molecular formula is C5H38AlB5Na3O13Si+. The molecule has 0 aliphatic heterocycles. The molecular weight excluding hydrogens is 446 g/mol. The number of hydrogen-bond acceptors (Lipinski definition) is 11. The first-order chi connectivity index (χ1) is 6.95. The molecule has 0 amide bonds. The van der Waals surface area contributed by atoms with E-state index in [9.17, 15) is 0 Å². The van der Waals surface area contributed by atoms with E-state index < -0.39 is 14.0 Å². The van der Waals surface area contributed by atoms with Crippen LogP contribution in [0.15, 0.2) is 0 Å². The van der Waals surface area contributed by atoms with Crippen LogP contribution in [0, 0.1) is 0 Å². The molecule has 0 aliphatic carbocycles. The van der Waals surface area contributed by atoms with Gasteiger partial charge in [0.1, 0.15) is 0 Å². The van der Waals surface area contributed by atoms with Crippen molar-refractivity contribution in [1.82, 2.24) is 0 Å². The molecule has 0 saturated heterocycles. The van der Waals surface area contributed by atoms with Gasteiger partial charge >= 0.3 is 163 Å². The summed E-state index contributed by atoms with van der Waals surface area (Å²) in [7, 11) is 1.68. The molecule has 0 heterocycles. The molecule has 4 radical (unpaired) electrons. The Morgan fingerprint density at radius 1 is 0.786 bits per heavy atom. The summed E-state index contributed by atoms with van der Waals surface area (Å²) in [6.07, 6.45) is 0. The van der Waals surface area contributed by atoms with Crippen molar-refractivity contribution in [3.63, 3.8) is 0 Å². The quantitative estimate of drug-likeness (QED) is 0.180. The molecule has 23 heteroatoms. The average molecular weight is 486 g/mol. The van der Waals surface area contributed by atoms with Gasteiger partial charge in [0.05, 0.1) is 0 Å². The van der Waals surface area contributed by atoms with E-state index in [1.165, 1.54) is 16.6 Å². The van der Waals surface area contributed by atoms with Crippen molar-refractivity contribution < 1.29 is 155 Å². The van der Waals surface area contributed by atoms with E-state index in [0.29, 0.717) is 0 Å². The normalized spacial score (nSPS) is 2.93. The second kappa shape index (κ2) is 173. The van der Waals surface area contributed by atoms with Crippen LogP contribution in [0.25, 0.3) is 0 Å². The minimum Gasteiger partial charge on any atom is -0.870 e. The first kappa shape index (κ1) is 141. The Balaban J connectivity index is -0.00000000308. The minimum absolute atomic E-state index is 0. The standard InChI is InChI=1S/5CH4.Al.2B2H2O3.BO.3Na.H3OSi.5H2O.H2.H/c;;;;;;2*3-1-2(4)5;1-2;;;;1-2;;;;;;;/h5*1H4;;2*4-5H;;;;;1H,2H2;5*1H2;1H;/q;;;;;+1;;;-1;3*+1;;;;;;;;/p-2/i;;;;;;;;;;;;;;;;;;1+2;. The zero-order chi connectivity index (χ0) is 13.3. The first-order valence-electron chi connectivity index (χ1n) is 3.01. The Bertz CT molecular complexity index is 141. The van der Waals surface area contributed by atoms with Crippen LogP contribution in [-0.2, 0) is 18.6 Å². The van der Waals surface area contributed by atoms with Gasteiger partial charge in [0.2, 0.25) is 8.05 Å². The van der Waals surface area contributed by atoms with Crippen molar-refractivity contribution in [2.45, 2.75) is 37.1 Å². The van der Waals surface area contributed by atoms with Crippen LogP contribution < -0.4 is 88.7 Å². The first-order valence-corrected chi connectivity index (χ1v) is 4.22. The molecule has 0 rings (SSSR count). The molecule has 0 fully saturated rings. The maximum Gasteiger partial charge on any atom is 1.00 e. The zero-order valence-corrected chi connectivity index (χ0v) is 22.0. The second-order valence-corrected chi connectivity index (χ2v) is 1.60. The molecule has 0 atom stereocenters. The van der Waals surface area contributed by atoms with Gasteiger partial charge in [-0.2, -0.15) is 0 Å². The predicted octanol–water partition coefficient (Wildman–Crippen LogP) is -14.4. The Hall–Kier alpha value is 3.23.